The number of benzene rings is 1. The summed E-state index contributed by atoms with van der Waals surface area (Å²) in [6.45, 7) is 1.65. The molecule has 1 aromatic carbocycles. The quantitative estimate of drug-likeness (QED) is 0.888. The molecule has 19 heavy (non-hydrogen) atoms. The van der Waals surface area contributed by atoms with Crippen molar-refractivity contribution in [3.63, 3.8) is 0 Å². The molecule has 0 fully saturated rings. The molecular formula is C15H19NO3. The van der Waals surface area contributed by atoms with Gasteiger partial charge in [-0.05, 0) is 30.9 Å². The van der Waals surface area contributed by atoms with Crippen LogP contribution < -0.4 is 9.64 Å². The summed E-state index contributed by atoms with van der Waals surface area (Å²) >= 11 is 0. The van der Waals surface area contributed by atoms with E-state index in [2.05, 4.69) is 18.0 Å². The molecule has 0 saturated carbocycles. The minimum absolute atomic E-state index is 0.0803. The van der Waals surface area contributed by atoms with Crippen molar-refractivity contribution >= 4 is 11.7 Å². The summed E-state index contributed by atoms with van der Waals surface area (Å²) in [6.07, 6.45) is 3.23. The number of aliphatic carboxylic acids is 1. The maximum atomic E-state index is 11.1. The third-order valence-electron chi connectivity index (χ3n) is 4.14. The van der Waals surface area contributed by atoms with E-state index in [1.165, 1.54) is 11.3 Å². The number of rotatable bonds is 2. The lowest BCUT2D eigenvalue weighted by Crippen LogP contribution is -2.29. The van der Waals surface area contributed by atoms with Crippen LogP contribution in [-0.4, -0.2) is 31.3 Å². The van der Waals surface area contributed by atoms with Gasteiger partial charge in [-0.25, -0.2) is 0 Å². The maximum Gasteiger partial charge on any atom is 0.303 e. The highest BCUT2D eigenvalue weighted by atomic mass is 16.5. The van der Waals surface area contributed by atoms with Gasteiger partial charge in [0.2, 0.25) is 0 Å². The molecular weight excluding hydrogens is 242 g/mol. The fourth-order valence-corrected chi connectivity index (χ4v) is 3.30. The predicted octanol–water partition coefficient (Wildman–Crippen LogP) is 2.41. The summed E-state index contributed by atoms with van der Waals surface area (Å²) in [4.78, 5) is 13.3. The summed E-state index contributed by atoms with van der Waals surface area (Å²) in [5.74, 6) is 0.232. The number of ether oxygens (including phenoxy) is 1. The zero-order valence-corrected chi connectivity index (χ0v) is 11.2. The molecule has 0 spiro atoms. The van der Waals surface area contributed by atoms with Crippen molar-refractivity contribution in [1.82, 2.24) is 0 Å². The standard InChI is InChI=1S/C15H19NO3/c1-16-7-2-3-10-4-5-12-14(15(10)16)11(6-8-19-12)9-13(17)18/h4-5,11H,2-3,6-9H2,1H3,(H,17,18). The Morgan fingerprint density at radius 1 is 1.53 bits per heavy atom. The molecule has 0 radical (unpaired) electrons. The van der Waals surface area contributed by atoms with Crippen molar-refractivity contribution in [2.24, 2.45) is 0 Å². The van der Waals surface area contributed by atoms with E-state index in [1.807, 2.05) is 6.07 Å². The Kier molecular flexibility index (Phi) is 3.09. The van der Waals surface area contributed by atoms with E-state index in [4.69, 9.17) is 9.84 Å². The molecule has 0 saturated heterocycles. The van der Waals surface area contributed by atoms with E-state index in [1.54, 1.807) is 0 Å². The molecule has 4 nitrogen and oxygen atoms in total. The highest BCUT2D eigenvalue weighted by molar-refractivity contribution is 5.72. The highest BCUT2D eigenvalue weighted by Gasteiger charge is 2.30. The van der Waals surface area contributed by atoms with Gasteiger partial charge in [0.25, 0.3) is 0 Å². The Bertz CT molecular complexity index is 512. The Hall–Kier alpha value is -1.71. The first-order valence-electron chi connectivity index (χ1n) is 6.88. The van der Waals surface area contributed by atoms with Crippen LogP contribution >= 0.6 is 0 Å². The maximum absolute atomic E-state index is 11.1. The van der Waals surface area contributed by atoms with Gasteiger partial charge in [0.05, 0.1) is 13.0 Å². The van der Waals surface area contributed by atoms with Crippen LogP contribution in [-0.2, 0) is 11.2 Å². The zero-order valence-electron chi connectivity index (χ0n) is 11.2. The summed E-state index contributed by atoms with van der Waals surface area (Å²) in [6, 6.07) is 4.15. The lowest BCUT2D eigenvalue weighted by atomic mass is 9.85. The second-order valence-electron chi connectivity index (χ2n) is 5.44. The summed E-state index contributed by atoms with van der Waals surface area (Å²) in [5, 5.41) is 9.11. The van der Waals surface area contributed by atoms with E-state index in [0.29, 0.717) is 6.61 Å². The molecule has 4 heteroatoms. The average molecular weight is 261 g/mol. The number of fused-ring (bicyclic) bond motifs is 3. The molecule has 2 aliphatic heterocycles. The number of aryl methyl sites for hydroxylation is 1. The Morgan fingerprint density at radius 3 is 3.16 bits per heavy atom. The van der Waals surface area contributed by atoms with E-state index in [0.717, 1.165) is 37.1 Å². The van der Waals surface area contributed by atoms with Gasteiger partial charge in [-0.1, -0.05) is 6.07 Å². The second-order valence-corrected chi connectivity index (χ2v) is 5.44. The van der Waals surface area contributed by atoms with Gasteiger partial charge in [0, 0.05) is 30.8 Å². The van der Waals surface area contributed by atoms with Crippen LogP contribution in [0.3, 0.4) is 0 Å². The molecule has 0 aliphatic carbocycles. The first-order valence-corrected chi connectivity index (χ1v) is 6.88. The van der Waals surface area contributed by atoms with Gasteiger partial charge < -0.3 is 14.7 Å². The molecule has 0 bridgehead atoms. The number of carboxylic acids is 1. The number of anilines is 1. The van der Waals surface area contributed by atoms with Gasteiger partial charge in [0.1, 0.15) is 5.75 Å². The molecule has 102 valence electrons. The first-order chi connectivity index (χ1) is 9.16. The highest BCUT2D eigenvalue weighted by Crippen LogP contribution is 2.45. The van der Waals surface area contributed by atoms with Crippen LogP contribution in [0.1, 0.15) is 36.3 Å². The minimum atomic E-state index is -0.728. The largest absolute Gasteiger partial charge is 0.493 e. The Labute approximate surface area is 113 Å². The van der Waals surface area contributed by atoms with Gasteiger partial charge in [-0.3, -0.25) is 4.79 Å². The first kappa shape index (κ1) is 12.3. The second kappa shape index (κ2) is 4.76. The number of hydrogen-bond acceptors (Lipinski definition) is 3. The Morgan fingerprint density at radius 2 is 2.37 bits per heavy atom. The molecule has 1 unspecified atom stereocenters. The molecule has 0 amide bonds. The summed E-state index contributed by atoms with van der Waals surface area (Å²) in [5.41, 5.74) is 3.66. The number of nitrogens with zero attached hydrogens (tertiary/aromatic N) is 1. The van der Waals surface area contributed by atoms with Gasteiger partial charge in [0.15, 0.2) is 0 Å². The summed E-state index contributed by atoms with van der Waals surface area (Å²) in [7, 11) is 2.09. The summed E-state index contributed by atoms with van der Waals surface area (Å²) < 4.78 is 5.73. The van der Waals surface area contributed by atoms with Crippen LogP contribution in [0.4, 0.5) is 5.69 Å². The van der Waals surface area contributed by atoms with E-state index in [9.17, 15) is 4.79 Å². The fourth-order valence-electron chi connectivity index (χ4n) is 3.30. The molecule has 1 atom stereocenters. The van der Waals surface area contributed by atoms with Crippen molar-refractivity contribution in [3.8, 4) is 5.75 Å². The van der Waals surface area contributed by atoms with Crippen molar-refractivity contribution in [3.05, 3.63) is 23.3 Å². The molecule has 3 rings (SSSR count). The lowest BCUT2D eigenvalue weighted by Gasteiger charge is -2.35. The minimum Gasteiger partial charge on any atom is -0.493 e. The normalized spacial score (nSPS) is 21.3. The molecule has 2 heterocycles. The molecule has 1 N–H and O–H groups in total. The number of carboxylic acid groups (broad SMARTS) is 1. The van der Waals surface area contributed by atoms with Crippen LogP contribution in [0.5, 0.6) is 5.75 Å². The van der Waals surface area contributed by atoms with E-state index < -0.39 is 5.97 Å². The van der Waals surface area contributed by atoms with Crippen molar-refractivity contribution in [2.45, 2.75) is 31.6 Å². The molecule has 2 aliphatic rings. The smallest absolute Gasteiger partial charge is 0.303 e. The van der Waals surface area contributed by atoms with E-state index >= 15 is 0 Å². The topological polar surface area (TPSA) is 49.8 Å². The predicted molar refractivity (Wildman–Crippen MR) is 73.1 cm³/mol. The average Bonchev–Trinajstić information content (AvgIpc) is 2.38. The van der Waals surface area contributed by atoms with Gasteiger partial charge in [-0.2, -0.15) is 0 Å². The van der Waals surface area contributed by atoms with Crippen LogP contribution in [0, 0.1) is 0 Å². The van der Waals surface area contributed by atoms with Crippen molar-refractivity contribution in [2.75, 3.05) is 25.1 Å². The van der Waals surface area contributed by atoms with Gasteiger partial charge >= 0.3 is 5.97 Å². The van der Waals surface area contributed by atoms with Gasteiger partial charge in [-0.15, -0.1) is 0 Å². The van der Waals surface area contributed by atoms with Crippen molar-refractivity contribution in [1.29, 1.82) is 0 Å². The van der Waals surface area contributed by atoms with Crippen LogP contribution in [0.15, 0.2) is 12.1 Å². The monoisotopic (exact) mass is 261 g/mol. The lowest BCUT2D eigenvalue weighted by molar-refractivity contribution is -0.137. The number of hydrogen-bond donors (Lipinski definition) is 1. The van der Waals surface area contributed by atoms with Crippen molar-refractivity contribution < 1.29 is 14.6 Å². The van der Waals surface area contributed by atoms with Crippen LogP contribution in [0.2, 0.25) is 0 Å². The number of carbonyl (C=O) groups is 1. The molecule has 0 aromatic heterocycles. The van der Waals surface area contributed by atoms with E-state index in [-0.39, 0.29) is 12.3 Å². The Balaban J connectivity index is 2.09. The molecule has 1 aromatic rings. The van der Waals surface area contributed by atoms with Crippen LogP contribution in [0.25, 0.3) is 0 Å². The third kappa shape index (κ3) is 2.15. The fraction of sp³-hybridized carbons (Fsp3) is 0.533. The third-order valence-corrected chi connectivity index (χ3v) is 4.14. The zero-order chi connectivity index (χ0) is 13.4. The SMILES string of the molecule is CN1CCCc2ccc3c(c21)C(CC(=O)O)CCO3.